The lowest BCUT2D eigenvalue weighted by atomic mass is 10.1. The van der Waals surface area contributed by atoms with Gasteiger partial charge in [-0.2, -0.15) is 11.8 Å². The topological polar surface area (TPSA) is 44.5 Å². The lowest BCUT2D eigenvalue weighted by Crippen LogP contribution is -2.08. The van der Waals surface area contributed by atoms with Crippen LogP contribution < -0.4 is 10.5 Å². The number of benzene rings is 1. The van der Waals surface area contributed by atoms with Crippen LogP contribution in [0.2, 0.25) is 0 Å². The van der Waals surface area contributed by atoms with Crippen molar-refractivity contribution in [2.45, 2.75) is 31.2 Å². The Kier molecular flexibility index (Phi) is 5.35. The van der Waals surface area contributed by atoms with Crippen LogP contribution in [0.3, 0.4) is 0 Å². The first-order valence-electron chi connectivity index (χ1n) is 6.38. The van der Waals surface area contributed by atoms with Gasteiger partial charge >= 0.3 is 0 Å². The molecule has 0 aromatic heterocycles. The van der Waals surface area contributed by atoms with Gasteiger partial charge in [0.2, 0.25) is 0 Å². The van der Waals surface area contributed by atoms with Crippen molar-refractivity contribution in [2.75, 3.05) is 19.5 Å². The molecular formula is C14H21NO2S. The molecule has 1 aromatic rings. The van der Waals surface area contributed by atoms with E-state index >= 15 is 0 Å². The number of ether oxygens (including phenoxy) is 2. The minimum Gasteiger partial charge on any atom is -0.496 e. The first-order chi connectivity index (χ1) is 8.83. The molecular weight excluding hydrogens is 246 g/mol. The zero-order chi connectivity index (χ0) is 12.8. The van der Waals surface area contributed by atoms with E-state index in [0.717, 1.165) is 29.4 Å². The van der Waals surface area contributed by atoms with E-state index in [4.69, 9.17) is 15.2 Å². The number of hydrogen-bond acceptors (Lipinski definition) is 4. The maximum Gasteiger partial charge on any atom is 0.122 e. The third-order valence-corrected chi connectivity index (χ3v) is 4.29. The summed E-state index contributed by atoms with van der Waals surface area (Å²) in [6.45, 7) is 1.50. The molecule has 2 rings (SSSR count). The van der Waals surface area contributed by atoms with E-state index in [0.29, 0.717) is 12.6 Å². The third-order valence-electron chi connectivity index (χ3n) is 3.17. The normalized spacial score (nSPS) is 19.1. The maximum atomic E-state index is 5.67. The lowest BCUT2D eigenvalue weighted by Gasteiger charge is -2.12. The van der Waals surface area contributed by atoms with Crippen molar-refractivity contribution < 1.29 is 9.47 Å². The Balaban J connectivity index is 1.89. The van der Waals surface area contributed by atoms with Gasteiger partial charge in [-0.3, -0.25) is 0 Å². The summed E-state index contributed by atoms with van der Waals surface area (Å²) in [5, 5.41) is 0. The molecule has 0 radical (unpaired) electrons. The van der Waals surface area contributed by atoms with Crippen LogP contribution in [0.15, 0.2) is 18.2 Å². The summed E-state index contributed by atoms with van der Waals surface area (Å²) in [5.41, 5.74) is 8.05. The summed E-state index contributed by atoms with van der Waals surface area (Å²) in [6, 6.07) is 6.17. The van der Waals surface area contributed by atoms with Crippen molar-refractivity contribution in [3.63, 3.8) is 0 Å². The fourth-order valence-corrected chi connectivity index (χ4v) is 3.24. The zero-order valence-electron chi connectivity index (χ0n) is 10.9. The molecule has 3 nitrogen and oxygen atoms in total. The van der Waals surface area contributed by atoms with Crippen LogP contribution in [-0.4, -0.2) is 25.6 Å². The van der Waals surface area contributed by atoms with Crippen molar-refractivity contribution in [3.8, 4) is 5.75 Å². The van der Waals surface area contributed by atoms with E-state index in [9.17, 15) is 0 Å². The molecule has 1 aliphatic rings. The minimum atomic E-state index is 0.443. The summed E-state index contributed by atoms with van der Waals surface area (Å²) in [4.78, 5) is 0. The Labute approximate surface area is 113 Å². The number of hydrogen-bond donors (Lipinski definition) is 1. The first kappa shape index (κ1) is 13.7. The summed E-state index contributed by atoms with van der Waals surface area (Å²) >= 11 is 1.91. The summed E-state index contributed by atoms with van der Waals surface area (Å²) in [6.07, 6.45) is 2.85. The second kappa shape index (κ2) is 7.02. The zero-order valence-corrected chi connectivity index (χ0v) is 11.7. The van der Waals surface area contributed by atoms with E-state index in [-0.39, 0.29) is 0 Å². The van der Waals surface area contributed by atoms with Gasteiger partial charge in [-0.15, -0.1) is 0 Å². The van der Waals surface area contributed by atoms with Gasteiger partial charge in [-0.25, -0.2) is 0 Å². The molecule has 1 heterocycles. The minimum absolute atomic E-state index is 0.443. The molecule has 0 saturated carbocycles. The molecule has 0 bridgehead atoms. The van der Waals surface area contributed by atoms with Gasteiger partial charge in [-0.05, 0) is 30.5 Å². The Bertz CT molecular complexity index is 378. The van der Waals surface area contributed by atoms with E-state index in [2.05, 4.69) is 6.07 Å². The molecule has 100 valence electrons. The quantitative estimate of drug-likeness (QED) is 0.860. The highest BCUT2D eigenvalue weighted by Crippen LogP contribution is 2.26. The Morgan fingerprint density at radius 1 is 1.50 bits per heavy atom. The predicted molar refractivity (Wildman–Crippen MR) is 76.0 cm³/mol. The van der Waals surface area contributed by atoms with Crippen molar-refractivity contribution in [1.82, 2.24) is 0 Å². The molecule has 1 aromatic carbocycles. The fourth-order valence-electron chi connectivity index (χ4n) is 2.15. The van der Waals surface area contributed by atoms with Gasteiger partial charge in [0.25, 0.3) is 0 Å². The van der Waals surface area contributed by atoms with Gasteiger partial charge in [0.05, 0.1) is 13.2 Å². The standard InChI is InChI=1S/C14H21NO2S/c1-16-14-5-4-11(8-15)7-12(14)9-18-10-13-3-2-6-17-13/h4-5,7,13H,2-3,6,8-10,15H2,1H3. The number of methoxy groups -OCH3 is 1. The molecule has 18 heavy (non-hydrogen) atoms. The van der Waals surface area contributed by atoms with Crippen LogP contribution in [0, 0.1) is 0 Å². The Morgan fingerprint density at radius 2 is 2.39 bits per heavy atom. The number of thioether (sulfide) groups is 1. The van der Waals surface area contributed by atoms with Crippen LogP contribution in [0.1, 0.15) is 24.0 Å². The van der Waals surface area contributed by atoms with Crippen LogP contribution in [0.4, 0.5) is 0 Å². The second-order valence-electron chi connectivity index (χ2n) is 4.50. The van der Waals surface area contributed by atoms with Gasteiger partial charge in [0, 0.05) is 30.2 Å². The Hall–Kier alpha value is -0.710. The van der Waals surface area contributed by atoms with E-state index in [1.165, 1.54) is 18.4 Å². The van der Waals surface area contributed by atoms with Crippen molar-refractivity contribution >= 4 is 11.8 Å². The van der Waals surface area contributed by atoms with Crippen molar-refractivity contribution in [1.29, 1.82) is 0 Å². The molecule has 1 saturated heterocycles. The van der Waals surface area contributed by atoms with Crippen LogP contribution >= 0.6 is 11.8 Å². The van der Waals surface area contributed by atoms with Gasteiger partial charge in [0.15, 0.2) is 0 Å². The van der Waals surface area contributed by atoms with Crippen LogP contribution in [0.25, 0.3) is 0 Å². The molecule has 0 spiro atoms. The van der Waals surface area contributed by atoms with E-state index in [1.54, 1.807) is 7.11 Å². The highest BCUT2D eigenvalue weighted by molar-refractivity contribution is 7.98. The van der Waals surface area contributed by atoms with Crippen molar-refractivity contribution in [3.05, 3.63) is 29.3 Å². The van der Waals surface area contributed by atoms with Crippen LogP contribution in [-0.2, 0) is 17.0 Å². The summed E-state index contributed by atoms with van der Waals surface area (Å²) in [7, 11) is 1.71. The second-order valence-corrected chi connectivity index (χ2v) is 5.53. The first-order valence-corrected chi connectivity index (χ1v) is 7.54. The van der Waals surface area contributed by atoms with Gasteiger partial charge in [-0.1, -0.05) is 6.07 Å². The molecule has 0 aliphatic carbocycles. The van der Waals surface area contributed by atoms with Gasteiger partial charge in [0.1, 0.15) is 5.75 Å². The van der Waals surface area contributed by atoms with E-state index < -0.39 is 0 Å². The largest absolute Gasteiger partial charge is 0.496 e. The lowest BCUT2D eigenvalue weighted by molar-refractivity contribution is 0.129. The van der Waals surface area contributed by atoms with E-state index in [1.807, 2.05) is 23.9 Å². The van der Waals surface area contributed by atoms with Gasteiger partial charge < -0.3 is 15.2 Å². The fraction of sp³-hybridized carbons (Fsp3) is 0.571. The SMILES string of the molecule is COc1ccc(CN)cc1CSCC1CCCO1. The Morgan fingerprint density at radius 3 is 3.06 bits per heavy atom. The molecule has 0 amide bonds. The van der Waals surface area contributed by atoms with Crippen molar-refractivity contribution in [2.24, 2.45) is 5.73 Å². The molecule has 1 unspecified atom stereocenters. The monoisotopic (exact) mass is 267 g/mol. The average Bonchev–Trinajstić information content (AvgIpc) is 2.92. The maximum absolute atomic E-state index is 5.67. The smallest absolute Gasteiger partial charge is 0.122 e. The molecule has 1 aliphatic heterocycles. The average molecular weight is 267 g/mol. The highest BCUT2D eigenvalue weighted by Gasteiger charge is 2.15. The van der Waals surface area contributed by atoms with Crippen LogP contribution in [0.5, 0.6) is 5.75 Å². The highest BCUT2D eigenvalue weighted by atomic mass is 32.2. The molecule has 4 heteroatoms. The number of nitrogens with two attached hydrogens (primary N) is 1. The molecule has 2 N–H and O–H groups in total. The summed E-state index contributed by atoms with van der Waals surface area (Å²) < 4.78 is 11.0. The summed E-state index contributed by atoms with van der Waals surface area (Å²) in [5.74, 6) is 2.97. The molecule has 1 atom stereocenters. The number of rotatable bonds is 6. The predicted octanol–water partition coefficient (Wildman–Crippen LogP) is 2.57. The third kappa shape index (κ3) is 3.64. The molecule has 1 fully saturated rings.